The van der Waals surface area contributed by atoms with Crippen LogP contribution in [0.1, 0.15) is 46.9 Å². The van der Waals surface area contributed by atoms with E-state index in [4.69, 9.17) is 9.84 Å². The average Bonchev–Trinajstić information content (AvgIpc) is 3.26. The van der Waals surface area contributed by atoms with Crippen LogP contribution in [-0.4, -0.2) is 69.7 Å². The van der Waals surface area contributed by atoms with Crippen LogP contribution in [0.25, 0.3) is 0 Å². The van der Waals surface area contributed by atoms with Crippen LogP contribution in [0, 0.1) is 0 Å². The molecule has 1 aliphatic rings. The monoisotopic (exact) mass is 490 g/mol. The molecule has 4 rings (SSSR count). The van der Waals surface area contributed by atoms with Crippen molar-refractivity contribution >= 4 is 11.8 Å². The van der Waals surface area contributed by atoms with Gasteiger partial charge in [-0.1, -0.05) is 18.2 Å². The Bertz CT molecular complexity index is 1170. The summed E-state index contributed by atoms with van der Waals surface area (Å²) in [7, 11) is 1.63. The summed E-state index contributed by atoms with van der Waals surface area (Å²) in [5.41, 5.74) is 4.18. The zero-order valence-corrected chi connectivity index (χ0v) is 21.2. The van der Waals surface area contributed by atoms with Gasteiger partial charge in [-0.2, -0.15) is 5.10 Å². The molecule has 9 nitrogen and oxygen atoms in total. The van der Waals surface area contributed by atoms with E-state index in [1.54, 1.807) is 13.3 Å². The Morgan fingerprint density at radius 3 is 2.56 bits per heavy atom. The third-order valence-corrected chi connectivity index (χ3v) is 6.55. The molecule has 0 aliphatic carbocycles. The van der Waals surface area contributed by atoms with E-state index in [2.05, 4.69) is 15.2 Å². The standard InChI is InChI=1S/C27H34N6O3/c1-4-32(5-2)25(34)19-31-15-13-24-23(18-31)26(30-33(24)17-21-8-6-7-14-28-21)27(35)29-16-20-9-11-22(36-3)12-10-20/h6-12,14H,4-5,13,15-19H2,1-3H3,(H,29,35). The predicted octanol–water partition coefficient (Wildman–Crippen LogP) is 2.49. The number of likely N-dealkylation sites (N-methyl/N-ethyl adjacent to an activating group) is 1. The van der Waals surface area contributed by atoms with E-state index in [1.807, 2.05) is 65.9 Å². The molecule has 0 saturated heterocycles. The van der Waals surface area contributed by atoms with Crippen molar-refractivity contribution in [1.82, 2.24) is 29.9 Å². The molecule has 0 radical (unpaired) electrons. The number of amides is 2. The second kappa shape index (κ2) is 11.8. The number of carbonyl (C=O) groups excluding carboxylic acids is 2. The van der Waals surface area contributed by atoms with Crippen molar-refractivity contribution in [1.29, 1.82) is 0 Å². The van der Waals surface area contributed by atoms with Gasteiger partial charge in [-0.25, -0.2) is 0 Å². The van der Waals surface area contributed by atoms with Crippen LogP contribution in [0.4, 0.5) is 0 Å². The van der Waals surface area contributed by atoms with E-state index in [9.17, 15) is 9.59 Å². The number of pyridine rings is 1. The molecule has 0 saturated carbocycles. The van der Waals surface area contributed by atoms with Gasteiger partial charge in [-0.15, -0.1) is 0 Å². The molecule has 3 heterocycles. The largest absolute Gasteiger partial charge is 0.497 e. The highest BCUT2D eigenvalue weighted by molar-refractivity contribution is 5.94. The second-order valence-corrected chi connectivity index (χ2v) is 8.81. The molecule has 0 spiro atoms. The highest BCUT2D eigenvalue weighted by atomic mass is 16.5. The maximum Gasteiger partial charge on any atom is 0.272 e. The van der Waals surface area contributed by atoms with Gasteiger partial charge in [-0.05, 0) is 43.7 Å². The average molecular weight is 491 g/mol. The molecule has 9 heteroatoms. The Kier molecular flexibility index (Phi) is 8.32. The van der Waals surface area contributed by atoms with Gasteiger partial charge in [0.25, 0.3) is 5.91 Å². The molecule has 0 fully saturated rings. The summed E-state index contributed by atoms with van der Waals surface area (Å²) in [5, 5.41) is 7.74. The van der Waals surface area contributed by atoms with Crippen molar-refractivity contribution in [3.8, 4) is 5.75 Å². The van der Waals surface area contributed by atoms with Gasteiger partial charge < -0.3 is 15.0 Å². The molecule has 0 bridgehead atoms. The van der Waals surface area contributed by atoms with Gasteiger partial charge in [-0.3, -0.25) is 24.2 Å². The van der Waals surface area contributed by atoms with Crippen LogP contribution in [-0.2, 0) is 30.8 Å². The van der Waals surface area contributed by atoms with Gasteiger partial charge in [0, 0.05) is 56.6 Å². The number of fused-ring (bicyclic) bond motifs is 1. The lowest BCUT2D eigenvalue weighted by Crippen LogP contribution is -2.42. The Hall–Kier alpha value is -3.72. The van der Waals surface area contributed by atoms with Crippen LogP contribution in [0.15, 0.2) is 48.7 Å². The van der Waals surface area contributed by atoms with Crippen molar-refractivity contribution in [2.45, 2.75) is 39.9 Å². The number of carbonyl (C=O) groups is 2. The van der Waals surface area contributed by atoms with Gasteiger partial charge in [0.15, 0.2) is 5.69 Å². The van der Waals surface area contributed by atoms with Crippen LogP contribution in [0.2, 0.25) is 0 Å². The third-order valence-electron chi connectivity index (χ3n) is 6.55. The molecule has 2 aromatic heterocycles. The summed E-state index contributed by atoms with van der Waals surface area (Å²) in [6, 6.07) is 13.4. The summed E-state index contributed by atoms with van der Waals surface area (Å²) in [6.07, 6.45) is 2.47. The number of hydrogen-bond acceptors (Lipinski definition) is 6. The van der Waals surface area contributed by atoms with E-state index in [0.717, 1.165) is 34.8 Å². The smallest absolute Gasteiger partial charge is 0.272 e. The molecule has 1 aromatic carbocycles. The fourth-order valence-corrected chi connectivity index (χ4v) is 4.52. The van der Waals surface area contributed by atoms with E-state index < -0.39 is 0 Å². The first-order chi connectivity index (χ1) is 17.5. The van der Waals surface area contributed by atoms with Gasteiger partial charge in [0.2, 0.25) is 5.91 Å². The van der Waals surface area contributed by atoms with Crippen molar-refractivity contribution in [3.63, 3.8) is 0 Å². The topological polar surface area (TPSA) is 92.6 Å². The predicted molar refractivity (Wildman–Crippen MR) is 137 cm³/mol. The van der Waals surface area contributed by atoms with E-state index in [-0.39, 0.29) is 11.8 Å². The molecule has 0 unspecified atom stereocenters. The molecule has 1 N–H and O–H groups in total. The first-order valence-electron chi connectivity index (χ1n) is 12.4. The first-order valence-corrected chi connectivity index (χ1v) is 12.4. The quantitative estimate of drug-likeness (QED) is 0.470. The number of nitrogens with zero attached hydrogens (tertiary/aromatic N) is 5. The van der Waals surface area contributed by atoms with E-state index in [0.29, 0.717) is 51.4 Å². The second-order valence-electron chi connectivity index (χ2n) is 8.81. The number of ether oxygens (including phenoxy) is 1. The lowest BCUT2D eigenvalue weighted by molar-refractivity contribution is -0.132. The Morgan fingerprint density at radius 1 is 1.11 bits per heavy atom. The number of hydrogen-bond donors (Lipinski definition) is 1. The number of methoxy groups -OCH3 is 1. The van der Waals surface area contributed by atoms with Gasteiger partial charge in [0.05, 0.1) is 25.9 Å². The lowest BCUT2D eigenvalue weighted by atomic mass is 10.0. The summed E-state index contributed by atoms with van der Waals surface area (Å²) in [4.78, 5) is 34.4. The molecule has 190 valence electrons. The van der Waals surface area contributed by atoms with E-state index in [1.165, 1.54) is 0 Å². The Labute approximate surface area is 212 Å². The summed E-state index contributed by atoms with van der Waals surface area (Å²) in [5.74, 6) is 0.653. The van der Waals surface area contributed by atoms with E-state index >= 15 is 0 Å². The molecule has 0 atom stereocenters. The zero-order valence-electron chi connectivity index (χ0n) is 21.2. The minimum absolute atomic E-state index is 0.106. The molecule has 2 amide bonds. The van der Waals surface area contributed by atoms with Crippen molar-refractivity contribution in [2.75, 3.05) is 33.3 Å². The number of benzene rings is 1. The number of rotatable bonds is 10. The Morgan fingerprint density at radius 2 is 1.89 bits per heavy atom. The molecular weight excluding hydrogens is 456 g/mol. The normalized spacial score (nSPS) is 13.2. The molecule has 1 aliphatic heterocycles. The van der Waals surface area contributed by atoms with Crippen molar-refractivity contribution in [2.24, 2.45) is 0 Å². The number of aromatic nitrogens is 3. The van der Waals surface area contributed by atoms with Crippen LogP contribution < -0.4 is 10.1 Å². The maximum atomic E-state index is 13.3. The Balaban J connectivity index is 1.54. The molecular formula is C27H34N6O3. The van der Waals surface area contributed by atoms with Crippen LogP contribution >= 0.6 is 0 Å². The van der Waals surface area contributed by atoms with Crippen LogP contribution in [0.3, 0.4) is 0 Å². The third kappa shape index (κ3) is 5.91. The minimum atomic E-state index is -0.223. The zero-order chi connectivity index (χ0) is 25.5. The highest BCUT2D eigenvalue weighted by Gasteiger charge is 2.29. The summed E-state index contributed by atoms with van der Waals surface area (Å²) in [6.45, 7) is 7.81. The SMILES string of the molecule is CCN(CC)C(=O)CN1CCc2c(c(C(=O)NCc3ccc(OC)cc3)nn2Cc2ccccn2)C1. The highest BCUT2D eigenvalue weighted by Crippen LogP contribution is 2.24. The maximum absolute atomic E-state index is 13.3. The fraction of sp³-hybridized carbons (Fsp3) is 0.407. The lowest BCUT2D eigenvalue weighted by Gasteiger charge is -2.29. The van der Waals surface area contributed by atoms with Crippen LogP contribution in [0.5, 0.6) is 5.75 Å². The van der Waals surface area contributed by atoms with Gasteiger partial charge >= 0.3 is 0 Å². The van der Waals surface area contributed by atoms with Crippen molar-refractivity contribution in [3.05, 3.63) is 76.9 Å². The summed E-state index contributed by atoms with van der Waals surface area (Å²) >= 11 is 0. The van der Waals surface area contributed by atoms with Gasteiger partial charge in [0.1, 0.15) is 5.75 Å². The van der Waals surface area contributed by atoms with Crippen molar-refractivity contribution < 1.29 is 14.3 Å². The molecule has 3 aromatic rings. The first kappa shape index (κ1) is 25.4. The molecule has 36 heavy (non-hydrogen) atoms. The summed E-state index contributed by atoms with van der Waals surface area (Å²) < 4.78 is 7.10. The number of nitrogens with one attached hydrogen (secondary N) is 1. The fourth-order valence-electron chi connectivity index (χ4n) is 4.52. The minimum Gasteiger partial charge on any atom is -0.497 e.